The molecule has 0 fully saturated rings. The third-order valence-corrected chi connectivity index (χ3v) is 2.78. The number of nitrogens with zero attached hydrogens (tertiary/aromatic N) is 2. The number of carbonyl (C=O) groups excluding carboxylic acids is 1. The highest BCUT2D eigenvalue weighted by molar-refractivity contribution is 5.73. The third kappa shape index (κ3) is 4.21. The number of amides is 1. The molecule has 1 aromatic heterocycles. The van der Waals surface area contributed by atoms with Gasteiger partial charge in [0.05, 0.1) is 11.7 Å². The van der Waals surface area contributed by atoms with Crippen LogP contribution in [-0.2, 0) is 16.9 Å². The number of aryl methyl sites for hydroxylation is 1. The number of nitrogens with one attached hydrogen (secondary N) is 1. The summed E-state index contributed by atoms with van der Waals surface area (Å²) < 4.78 is 1.94. The van der Waals surface area contributed by atoms with Crippen molar-refractivity contribution in [2.45, 2.75) is 53.1 Å². The molecule has 0 bridgehead atoms. The average Bonchev–Trinajstić information content (AvgIpc) is 2.61. The van der Waals surface area contributed by atoms with Gasteiger partial charge in [0.2, 0.25) is 5.91 Å². The normalized spacial score (nSPS) is 11.9. The smallest absolute Gasteiger partial charge is 0.217 e. The van der Waals surface area contributed by atoms with E-state index in [9.17, 15) is 4.79 Å². The SMILES string of the molecule is CC(=O)NC(C)(C)c1cnn(CCC(C)C)c1. The van der Waals surface area contributed by atoms with Crippen LogP contribution in [0, 0.1) is 5.92 Å². The Hall–Kier alpha value is -1.32. The van der Waals surface area contributed by atoms with E-state index in [1.54, 1.807) is 0 Å². The maximum absolute atomic E-state index is 11.1. The van der Waals surface area contributed by atoms with Crippen molar-refractivity contribution >= 4 is 5.91 Å². The molecular formula is C13H23N3O. The first-order valence-corrected chi connectivity index (χ1v) is 6.13. The molecule has 0 aliphatic heterocycles. The van der Waals surface area contributed by atoms with Gasteiger partial charge in [-0.15, -0.1) is 0 Å². The first kappa shape index (κ1) is 13.7. The molecule has 0 aliphatic carbocycles. The number of hydrogen-bond donors (Lipinski definition) is 1. The Labute approximate surface area is 103 Å². The summed E-state index contributed by atoms with van der Waals surface area (Å²) in [5, 5.41) is 7.25. The summed E-state index contributed by atoms with van der Waals surface area (Å²) in [4.78, 5) is 11.1. The van der Waals surface area contributed by atoms with E-state index in [1.807, 2.05) is 30.9 Å². The summed E-state index contributed by atoms with van der Waals surface area (Å²) in [7, 11) is 0. The standard InChI is InChI=1S/C13H23N3O/c1-10(2)6-7-16-9-12(8-14-16)13(4,5)15-11(3)17/h8-10H,6-7H2,1-5H3,(H,15,17). The molecule has 1 heterocycles. The van der Waals surface area contributed by atoms with Crippen molar-refractivity contribution in [2.75, 3.05) is 0 Å². The van der Waals surface area contributed by atoms with Crippen molar-refractivity contribution in [1.82, 2.24) is 15.1 Å². The fourth-order valence-electron chi connectivity index (χ4n) is 1.71. The molecule has 0 aliphatic rings. The van der Waals surface area contributed by atoms with Crippen LogP contribution in [0.4, 0.5) is 0 Å². The quantitative estimate of drug-likeness (QED) is 0.854. The molecule has 0 aromatic carbocycles. The van der Waals surface area contributed by atoms with Crippen molar-refractivity contribution < 1.29 is 4.79 Å². The topological polar surface area (TPSA) is 46.9 Å². The number of hydrogen-bond acceptors (Lipinski definition) is 2. The van der Waals surface area contributed by atoms with Crippen molar-refractivity contribution in [2.24, 2.45) is 5.92 Å². The summed E-state index contributed by atoms with van der Waals surface area (Å²) >= 11 is 0. The van der Waals surface area contributed by atoms with Gasteiger partial charge in [0.15, 0.2) is 0 Å². The van der Waals surface area contributed by atoms with E-state index in [0.29, 0.717) is 5.92 Å². The first-order valence-electron chi connectivity index (χ1n) is 6.13. The molecule has 1 N–H and O–H groups in total. The molecule has 0 saturated carbocycles. The predicted octanol–water partition coefficient (Wildman–Crippen LogP) is 2.30. The van der Waals surface area contributed by atoms with Crippen molar-refractivity contribution in [3.05, 3.63) is 18.0 Å². The Morgan fingerprint density at radius 3 is 2.71 bits per heavy atom. The summed E-state index contributed by atoms with van der Waals surface area (Å²) in [6.45, 7) is 10.8. The third-order valence-electron chi connectivity index (χ3n) is 2.78. The molecule has 96 valence electrons. The molecule has 1 rings (SSSR count). The monoisotopic (exact) mass is 237 g/mol. The highest BCUT2D eigenvalue weighted by atomic mass is 16.1. The van der Waals surface area contributed by atoms with Crippen LogP contribution in [0.2, 0.25) is 0 Å². The molecule has 0 saturated heterocycles. The fraction of sp³-hybridized carbons (Fsp3) is 0.692. The predicted molar refractivity (Wildman–Crippen MR) is 68.5 cm³/mol. The van der Waals surface area contributed by atoms with Gasteiger partial charge in [-0.1, -0.05) is 13.8 Å². The highest BCUT2D eigenvalue weighted by Gasteiger charge is 2.22. The van der Waals surface area contributed by atoms with Crippen molar-refractivity contribution in [3.8, 4) is 0 Å². The largest absolute Gasteiger partial charge is 0.347 e. The molecule has 1 aromatic rings. The van der Waals surface area contributed by atoms with Gasteiger partial charge in [0.1, 0.15) is 0 Å². The fourth-order valence-corrected chi connectivity index (χ4v) is 1.71. The molecule has 1 amide bonds. The van der Waals surface area contributed by atoms with E-state index in [-0.39, 0.29) is 11.4 Å². The van der Waals surface area contributed by atoms with Crippen LogP contribution in [0.15, 0.2) is 12.4 Å². The number of rotatable bonds is 5. The van der Waals surface area contributed by atoms with Crippen LogP contribution < -0.4 is 5.32 Å². The summed E-state index contributed by atoms with van der Waals surface area (Å²) in [5.41, 5.74) is 0.679. The van der Waals surface area contributed by atoms with Crippen molar-refractivity contribution in [3.63, 3.8) is 0 Å². The van der Waals surface area contributed by atoms with Crippen LogP contribution >= 0.6 is 0 Å². The highest BCUT2D eigenvalue weighted by Crippen LogP contribution is 2.19. The lowest BCUT2D eigenvalue weighted by atomic mass is 9.98. The number of carbonyl (C=O) groups is 1. The minimum Gasteiger partial charge on any atom is -0.347 e. The van der Waals surface area contributed by atoms with E-state index < -0.39 is 0 Å². The molecule has 0 spiro atoms. The first-order chi connectivity index (χ1) is 7.81. The molecule has 0 unspecified atom stereocenters. The summed E-state index contributed by atoms with van der Waals surface area (Å²) in [6, 6.07) is 0. The second kappa shape index (κ2) is 5.34. The second-order valence-corrected chi connectivity index (χ2v) is 5.48. The van der Waals surface area contributed by atoms with Gasteiger partial charge in [-0.3, -0.25) is 9.48 Å². The van der Waals surface area contributed by atoms with Crippen molar-refractivity contribution in [1.29, 1.82) is 0 Å². The van der Waals surface area contributed by atoms with Crippen LogP contribution in [0.3, 0.4) is 0 Å². The number of aromatic nitrogens is 2. The van der Waals surface area contributed by atoms with Crippen LogP contribution in [0.25, 0.3) is 0 Å². The van der Waals surface area contributed by atoms with E-state index >= 15 is 0 Å². The van der Waals surface area contributed by atoms with Gasteiger partial charge in [-0.2, -0.15) is 5.10 Å². The molecule has 4 nitrogen and oxygen atoms in total. The van der Waals surface area contributed by atoms with E-state index in [2.05, 4.69) is 24.3 Å². The van der Waals surface area contributed by atoms with Crippen LogP contribution in [-0.4, -0.2) is 15.7 Å². The average molecular weight is 237 g/mol. The summed E-state index contributed by atoms with van der Waals surface area (Å²) in [5.74, 6) is 0.649. The lowest BCUT2D eigenvalue weighted by molar-refractivity contribution is -0.120. The minimum absolute atomic E-state index is 0.0232. The van der Waals surface area contributed by atoms with Gasteiger partial charge < -0.3 is 5.32 Å². The van der Waals surface area contributed by atoms with E-state index in [0.717, 1.165) is 18.5 Å². The van der Waals surface area contributed by atoms with Gasteiger partial charge in [0.25, 0.3) is 0 Å². The Morgan fingerprint density at radius 2 is 2.18 bits per heavy atom. The second-order valence-electron chi connectivity index (χ2n) is 5.48. The maximum Gasteiger partial charge on any atom is 0.217 e. The molecule has 0 atom stereocenters. The maximum atomic E-state index is 11.1. The Bertz CT molecular complexity index is 380. The molecular weight excluding hydrogens is 214 g/mol. The minimum atomic E-state index is -0.359. The summed E-state index contributed by atoms with van der Waals surface area (Å²) in [6.07, 6.45) is 4.95. The molecule has 17 heavy (non-hydrogen) atoms. The zero-order valence-corrected chi connectivity index (χ0v) is 11.4. The zero-order chi connectivity index (χ0) is 13.1. The molecule has 4 heteroatoms. The Kier molecular flexibility index (Phi) is 4.32. The van der Waals surface area contributed by atoms with Crippen LogP contribution in [0.5, 0.6) is 0 Å². The molecule has 0 radical (unpaired) electrons. The lowest BCUT2D eigenvalue weighted by Crippen LogP contribution is -2.39. The van der Waals surface area contributed by atoms with E-state index in [4.69, 9.17) is 0 Å². The van der Waals surface area contributed by atoms with Gasteiger partial charge in [0, 0.05) is 25.2 Å². The zero-order valence-electron chi connectivity index (χ0n) is 11.4. The Balaban J connectivity index is 2.69. The van der Waals surface area contributed by atoms with E-state index in [1.165, 1.54) is 6.92 Å². The van der Waals surface area contributed by atoms with Gasteiger partial charge >= 0.3 is 0 Å². The van der Waals surface area contributed by atoms with Gasteiger partial charge in [-0.05, 0) is 26.2 Å². The Morgan fingerprint density at radius 1 is 1.53 bits per heavy atom. The van der Waals surface area contributed by atoms with Gasteiger partial charge in [-0.25, -0.2) is 0 Å². The lowest BCUT2D eigenvalue weighted by Gasteiger charge is -2.24. The van der Waals surface area contributed by atoms with Crippen LogP contribution in [0.1, 0.15) is 46.6 Å².